The van der Waals surface area contributed by atoms with Gasteiger partial charge in [0.25, 0.3) is 6.33 Å². The van der Waals surface area contributed by atoms with Gasteiger partial charge in [-0.15, -0.1) is 0 Å². The normalized spacial score (nSPS) is 9.76. The van der Waals surface area contributed by atoms with Gasteiger partial charge in [0.15, 0.2) is 5.65 Å². The maximum atomic E-state index is 4.06. The summed E-state index contributed by atoms with van der Waals surface area (Å²) in [5.74, 6) is 0. The third-order valence-electron chi connectivity index (χ3n) is 2.12. The zero-order valence-electron chi connectivity index (χ0n) is 9.72. The molecular weight excluding hydrogens is 216 g/mol. The molecule has 3 aromatic heterocycles. The van der Waals surface area contributed by atoms with Crippen LogP contribution in [0.3, 0.4) is 0 Å². The van der Waals surface area contributed by atoms with E-state index in [1.807, 2.05) is 35.5 Å². The van der Waals surface area contributed by atoms with Crippen LogP contribution in [0.5, 0.6) is 0 Å². The molecular formula is C11H13N6+. The second-order valence-electron chi connectivity index (χ2n) is 3.51. The highest BCUT2D eigenvalue weighted by molar-refractivity contribution is 5.68. The molecule has 0 fully saturated rings. The van der Waals surface area contributed by atoms with E-state index in [2.05, 4.69) is 19.9 Å². The topological polar surface area (TPSA) is 60.4 Å². The minimum Gasteiger partial charge on any atom is -0.318 e. The molecule has 6 heteroatoms. The molecule has 6 nitrogen and oxygen atoms in total. The fourth-order valence-electron chi connectivity index (χ4n) is 1.29. The van der Waals surface area contributed by atoms with E-state index in [0.29, 0.717) is 0 Å². The van der Waals surface area contributed by atoms with Crippen LogP contribution in [-0.4, -0.2) is 24.5 Å². The number of imidazole rings is 1. The Bertz CT molecular complexity index is 589. The van der Waals surface area contributed by atoms with Crippen LogP contribution < -0.4 is 4.57 Å². The van der Waals surface area contributed by atoms with Gasteiger partial charge in [0.2, 0.25) is 0 Å². The Morgan fingerprint density at radius 1 is 1.24 bits per heavy atom. The molecule has 0 radical (unpaired) electrons. The molecule has 0 aliphatic rings. The van der Waals surface area contributed by atoms with E-state index in [0.717, 1.165) is 11.2 Å². The van der Waals surface area contributed by atoms with Gasteiger partial charge in [-0.3, -0.25) is 0 Å². The SMILES string of the molecule is C[n+]1cccnc1.Cn1cnc2cncnc21. The Morgan fingerprint density at radius 3 is 2.71 bits per heavy atom. The molecule has 0 atom stereocenters. The van der Waals surface area contributed by atoms with E-state index in [4.69, 9.17) is 0 Å². The Labute approximate surface area is 98.6 Å². The Balaban J connectivity index is 0.000000136. The molecule has 0 aliphatic heterocycles. The Kier molecular flexibility index (Phi) is 3.34. The second kappa shape index (κ2) is 5.11. The number of nitrogens with zero attached hydrogens (tertiary/aromatic N) is 6. The Hall–Kier alpha value is -2.37. The van der Waals surface area contributed by atoms with Crippen LogP contribution >= 0.6 is 0 Å². The first kappa shape index (κ1) is 11.1. The average molecular weight is 229 g/mol. The molecule has 0 aliphatic carbocycles. The third-order valence-corrected chi connectivity index (χ3v) is 2.12. The molecule has 0 aromatic carbocycles. The van der Waals surface area contributed by atoms with Crippen molar-refractivity contribution in [3.63, 3.8) is 0 Å². The molecule has 3 rings (SSSR count). The highest BCUT2D eigenvalue weighted by Gasteiger charge is 1.96. The standard InChI is InChI=1S/C6H6N4.C5H7N2/c1-10-4-9-5-2-7-3-8-6(5)10;1-7-4-2-3-6-5-7/h2-4H,1H3;2-5H,1H3/q;+1. The van der Waals surface area contributed by atoms with Gasteiger partial charge >= 0.3 is 0 Å². The largest absolute Gasteiger partial charge is 0.318 e. The lowest BCUT2D eigenvalue weighted by Gasteiger charge is -1.88. The van der Waals surface area contributed by atoms with E-state index in [1.165, 1.54) is 6.33 Å². The maximum absolute atomic E-state index is 4.06. The van der Waals surface area contributed by atoms with Crippen molar-refractivity contribution in [1.82, 2.24) is 24.5 Å². The van der Waals surface area contributed by atoms with E-state index in [9.17, 15) is 0 Å². The molecule has 0 saturated heterocycles. The van der Waals surface area contributed by atoms with Crippen molar-refractivity contribution in [1.29, 1.82) is 0 Å². The number of fused-ring (bicyclic) bond motifs is 1. The third kappa shape index (κ3) is 2.81. The number of hydrogen-bond acceptors (Lipinski definition) is 4. The summed E-state index contributed by atoms with van der Waals surface area (Å²) in [7, 11) is 3.84. The van der Waals surface area contributed by atoms with Crippen molar-refractivity contribution in [2.45, 2.75) is 0 Å². The van der Waals surface area contributed by atoms with E-state index in [-0.39, 0.29) is 0 Å². The summed E-state index contributed by atoms with van der Waals surface area (Å²) in [5.41, 5.74) is 1.71. The van der Waals surface area contributed by atoms with Crippen LogP contribution in [0, 0.1) is 0 Å². The quantitative estimate of drug-likeness (QED) is 0.519. The zero-order valence-corrected chi connectivity index (χ0v) is 9.72. The van der Waals surface area contributed by atoms with Crippen molar-refractivity contribution in [2.24, 2.45) is 14.1 Å². The summed E-state index contributed by atoms with van der Waals surface area (Å²) in [5, 5.41) is 0. The van der Waals surface area contributed by atoms with Gasteiger partial charge in [0.05, 0.1) is 25.8 Å². The van der Waals surface area contributed by atoms with Crippen molar-refractivity contribution in [3.8, 4) is 0 Å². The van der Waals surface area contributed by atoms with Gasteiger partial charge < -0.3 is 4.57 Å². The first-order chi connectivity index (χ1) is 8.27. The number of rotatable bonds is 0. The second-order valence-corrected chi connectivity index (χ2v) is 3.51. The molecule has 0 amide bonds. The maximum Gasteiger partial charge on any atom is 0.285 e. The first-order valence-electron chi connectivity index (χ1n) is 5.09. The number of hydrogen-bond donors (Lipinski definition) is 0. The van der Waals surface area contributed by atoms with Gasteiger partial charge in [-0.2, -0.15) is 0 Å². The summed E-state index contributed by atoms with van der Waals surface area (Å²) >= 11 is 0. The molecule has 3 aromatic rings. The average Bonchev–Trinajstić information content (AvgIpc) is 2.74. The fourth-order valence-corrected chi connectivity index (χ4v) is 1.29. The van der Waals surface area contributed by atoms with Crippen LogP contribution in [0.25, 0.3) is 11.2 Å². The minimum absolute atomic E-state index is 0.838. The molecule has 0 N–H and O–H groups in total. The molecule has 3 heterocycles. The smallest absolute Gasteiger partial charge is 0.285 e. The summed E-state index contributed by atoms with van der Waals surface area (Å²) in [4.78, 5) is 15.8. The van der Waals surface area contributed by atoms with Gasteiger partial charge in [-0.05, 0) is 0 Å². The van der Waals surface area contributed by atoms with Crippen molar-refractivity contribution in [3.05, 3.63) is 43.6 Å². The lowest BCUT2D eigenvalue weighted by molar-refractivity contribution is -0.674. The van der Waals surface area contributed by atoms with E-state index >= 15 is 0 Å². The molecule has 0 saturated carbocycles. The summed E-state index contributed by atoms with van der Waals surface area (Å²) < 4.78 is 3.75. The van der Waals surface area contributed by atoms with Crippen LogP contribution in [0.15, 0.2) is 43.6 Å². The highest BCUT2D eigenvalue weighted by Crippen LogP contribution is 2.03. The van der Waals surface area contributed by atoms with Crippen LogP contribution in [0.2, 0.25) is 0 Å². The predicted octanol–water partition coefficient (Wildman–Crippen LogP) is 0.269. The van der Waals surface area contributed by atoms with Crippen molar-refractivity contribution < 1.29 is 4.57 Å². The van der Waals surface area contributed by atoms with E-state index in [1.54, 1.807) is 25.0 Å². The van der Waals surface area contributed by atoms with Crippen LogP contribution in [-0.2, 0) is 14.1 Å². The molecule has 0 spiro atoms. The molecule has 17 heavy (non-hydrogen) atoms. The summed E-state index contributed by atoms with van der Waals surface area (Å²) in [6.45, 7) is 0. The van der Waals surface area contributed by atoms with Crippen LogP contribution in [0.4, 0.5) is 0 Å². The van der Waals surface area contributed by atoms with E-state index < -0.39 is 0 Å². The van der Waals surface area contributed by atoms with Gasteiger partial charge in [0, 0.05) is 13.1 Å². The van der Waals surface area contributed by atoms with Crippen molar-refractivity contribution in [2.75, 3.05) is 0 Å². The van der Waals surface area contributed by atoms with Crippen molar-refractivity contribution >= 4 is 11.2 Å². The molecule has 0 unspecified atom stereocenters. The minimum atomic E-state index is 0.838. The first-order valence-corrected chi connectivity index (χ1v) is 5.09. The lowest BCUT2D eigenvalue weighted by atomic mass is 10.6. The number of aryl methyl sites for hydroxylation is 2. The van der Waals surface area contributed by atoms with Crippen LogP contribution in [0.1, 0.15) is 0 Å². The lowest BCUT2D eigenvalue weighted by Crippen LogP contribution is -2.26. The predicted molar refractivity (Wildman–Crippen MR) is 61.7 cm³/mol. The monoisotopic (exact) mass is 229 g/mol. The summed E-state index contributed by atoms with van der Waals surface area (Å²) in [6.07, 6.45) is 10.4. The highest BCUT2D eigenvalue weighted by atomic mass is 15.1. The van der Waals surface area contributed by atoms with Gasteiger partial charge in [-0.25, -0.2) is 19.5 Å². The zero-order chi connectivity index (χ0) is 12.1. The van der Waals surface area contributed by atoms with Gasteiger partial charge in [-0.1, -0.05) is 4.98 Å². The number of aromatic nitrogens is 6. The molecule has 86 valence electrons. The summed E-state index contributed by atoms with van der Waals surface area (Å²) in [6, 6.07) is 1.89. The Morgan fingerprint density at radius 2 is 2.12 bits per heavy atom. The molecule has 0 bridgehead atoms. The fraction of sp³-hybridized carbons (Fsp3) is 0.182. The van der Waals surface area contributed by atoms with Gasteiger partial charge in [0.1, 0.15) is 18.0 Å².